The van der Waals surface area contributed by atoms with Crippen molar-refractivity contribution in [1.29, 1.82) is 0 Å². The maximum Gasteiger partial charge on any atom is 0.256 e. The highest BCUT2D eigenvalue weighted by molar-refractivity contribution is 5.94. The Balaban J connectivity index is 1.27. The van der Waals surface area contributed by atoms with Gasteiger partial charge in [-0.05, 0) is 49.1 Å². The van der Waals surface area contributed by atoms with Crippen LogP contribution in [0.3, 0.4) is 0 Å². The van der Waals surface area contributed by atoms with Crippen LogP contribution in [0, 0.1) is 23.4 Å². The summed E-state index contributed by atoms with van der Waals surface area (Å²) in [5.74, 6) is -2.34. The number of nitrogens with zero attached hydrogens (tertiary/aromatic N) is 1. The Morgan fingerprint density at radius 3 is 2.59 bits per heavy atom. The van der Waals surface area contributed by atoms with E-state index in [1.54, 1.807) is 0 Å². The molecular weight excluding hydrogens is 425 g/mol. The smallest absolute Gasteiger partial charge is 0.256 e. The Kier molecular flexibility index (Phi) is 6.64. The predicted molar refractivity (Wildman–Crippen MR) is 108 cm³/mol. The van der Waals surface area contributed by atoms with E-state index in [9.17, 15) is 22.8 Å². The van der Waals surface area contributed by atoms with E-state index in [0.717, 1.165) is 12.1 Å². The Labute approximate surface area is 183 Å². The highest BCUT2D eigenvalue weighted by Gasteiger charge is 2.29. The van der Waals surface area contributed by atoms with Gasteiger partial charge in [0, 0.05) is 37.2 Å². The summed E-state index contributed by atoms with van der Waals surface area (Å²) in [4.78, 5) is 26.5. The average molecular weight is 448 g/mol. The molecule has 2 aliphatic rings. The van der Waals surface area contributed by atoms with E-state index >= 15 is 0 Å². The zero-order valence-corrected chi connectivity index (χ0v) is 17.3. The second-order valence-electron chi connectivity index (χ2n) is 7.90. The van der Waals surface area contributed by atoms with E-state index in [1.807, 2.05) is 0 Å². The number of likely N-dealkylation sites (tertiary alicyclic amines) is 1. The van der Waals surface area contributed by atoms with Crippen LogP contribution in [0.1, 0.15) is 34.3 Å². The molecule has 0 atom stereocenters. The summed E-state index contributed by atoms with van der Waals surface area (Å²) in [6.45, 7) is 1.32. The van der Waals surface area contributed by atoms with Gasteiger partial charge in [-0.1, -0.05) is 0 Å². The number of nitrogens with one attached hydrogen (secondary N) is 1. The van der Waals surface area contributed by atoms with Crippen molar-refractivity contribution in [2.75, 3.05) is 26.4 Å². The third-order valence-corrected chi connectivity index (χ3v) is 5.76. The summed E-state index contributed by atoms with van der Waals surface area (Å²) in [7, 11) is 0. The molecule has 0 radical (unpaired) electrons. The number of hydrogen-bond acceptors (Lipinski definition) is 4. The fourth-order valence-electron chi connectivity index (χ4n) is 4.09. The molecule has 1 N–H and O–H groups in total. The van der Waals surface area contributed by atoms with Crippen molar-refractivity contribution in [3.8, 4) is 5.75 Å². The first-order valence-corrected chi connectivity index (χ1v) is 10.5. The van der Waals surface area contributed by atoms with Crippen LogP contribution in [-0.4, -0.2) is 43.1 Å². The van der Waals surface area contributed by atoms with Gasteiger partial charge in [0.25, 0.3) is 5.91 Å². The van der Waals surface area contributed by atoms with Crippen LogP contribution in [-0.2, 0) is 22.6 Å². The summed E-state index contributed by atoms with van der Waals surface area (Å²) in [6.07, 6.45) is 1.29. The maximum absolute atomic E-state index is 13.9. The molecule has 32 heavy (non-hydrogen) atoms. The standard InChI is InChI=1S/C23H23F3N2O4/c24-17-1-2-19(20(26)11-17)23(30)28-7-4-14(5-8-28)22(29)27-6-3-15-9-18(25)10-16-12-31-13-32-21(15)16/h1-2,9-11,14H,3-8,12-13H2,(H,27,29). The number of carbonyl (C=O) groups is 2. The van der Waals surface area contributed by atoms with Crippen molar-refractivity contribution in [2.24, 2.45) is 5.92 Å². The lowest BCUT2D eigenvalue weighted by Crippen LogP contribution is -2.43. The normalized spacial score (nSPS) is 16.3. The molecule has 0 bridgehead atoms. The van der Waals surface area contributed by atoms with E-state index in [2.05, 4.69) is 5.32 Å². The van der Waals surface area contributed by atoms with E-state index in [0.29, 0.717) is 61.8 Å². The van der Waals surface area contributed by atoms with Crippen LogP contribution in [0.2, 0.25) is 0 Å². The van der Waals surface area contributed by atoms with E-state index < -0.39 is 17.5 Å². The van der Waals surface area contributed by atoms with Crippen LogP contribution in [0.25, 0.3) is 0 Å². The third-order valence-electron chi connectivity index (χ3n) is 5.76. The van der Waals surface area contributed by atoms with Crippen molar-refractivity contribution >= 4 is 11.8 Å². The molecule has 2 heterocycles. The highest BCUT2D eigenvalue weighted by atomic mass is 19.1. The lowest BCUT2D eigenvalue weighted by molar-refractivity contribution is -0.126. The summed E-state index contributed by atoms with van der Waals surface area (Å²) < 4.78 is 51.4. The Morgan fingerprint density at radius 1 is 1.06 bits per heavy atom. The van der Waals surface area contributed by atoms with Gasteiger partial charge in [-0.3, -0.25) is 9.59 Å². The first-order valence-electron chi connectivity index (χ1n) is 10.5. The van der Waals surface area contributed by atoms with Gasteiger partial charge in [0.1, 0.15) is 23.2 Å². The molecule has 0 aromatic heterocycles. The number of carbonyl (C=O) groups excluding carboxylic acids is 2. The topological polar surface area (TPSA) is 67.9 Å². The van der Waals surface area contributed by atoms with Crippen molar-refractivity contribution < 1.29 is 32.2 Å². The van der Waals surface area contributed by atoms with Gasteiger partial charge in [0.15, 0.2) is 6.79 Å². The second-order valence-corrected chi connectivity index (χ2v) is 7.90. The van der Waals surface area contributed by atoms with Crippen LogP contribution < -0.4 is 10.1 Å². The van der Waals surface area contributed by atoms with Gasteiger partial charge < -0.3 is 19.7 Å². The van der Waals surface area contributed by atoms with E-state index in [-0.39, 0.29) is 36.6 Å². The minimum atomic E-state index is -0.898. The van der Waals surface area contributed by atoms with Crippen LogP contribution in [0.4, 0.5) is 13.2 Å². The first-order chi connectivity index (χ1) is 15.4. The zero-order valence-electron chi connectivity index (χ0n) is 17.3. The SMILES string of the molecule is O=C(NCCc1cc(F)cc2c1OCOC2)C1CCN(C(=O)c2ccc(F)cc2F)CC1. The van der Waals surface area contributed by atoms with Gasteiger partial charge in [-0.25, -0.2) is 13.2 Å². The third kappa shape index (κ3) is 4.88. The Hall–Kier alpha value is -3.07. The van der Waals surface area contributed by atoms with Gasteiger partial charge in [0.05, 0.1) is 12.2 Å². The zero-order chi connectivity index (χ0) is 22.7. The van der Waals surface area contributed by atoms with Gasteiger partial charge >= 0.3 is 0 Å². The molecule has 0 saturated carbocycles. The van der Waals surface area contributed by atoms with Gasteiger partial charge in [-0.2, -0.15) is 0 Å². The molecule has 6 nitrogen and oxygen atoms in total. The lowest BCUT2D eigenvalue weighted by atomic mass is 9.95. The number of hydrogen-bond donors (Lipinski definition) is 1. The van der Waals surface area contributed by atoms with Crippen LogP contribution in [0.15, 0.2) is 30.3 Å². The highest BCUT2D eigenvalue weighted by Crippen LogP contribution is 2.29. The fraction of sp³-hybridized carbons (Fsp3) is 0.391. The second kappa shape index (κ2) is 9.60. The van der Waals surface area contributed by atoms with E-state index in [4.69, 9.17) is 9.47 Å². The fourth-order valence-corrected chi connectivity index (χ4v) is 4.09. The molecule has 0 unspecified atom stereocenters. The average Bonchev–Trinajstić information content (AvgIpc) is 2.78. The first kappa shape index (κ1) is 22.1. The molecule has 2 aromatic carbocycles. The van der Waals surface area contributed by atoms with Crippen molar-refractivity contribution in [3.63, 3.8) is 0 Å². The quantitative estimate of drug-likeness (QED) is 0.763. The minimum Gasteiger partial charge on any atom is -0.467 e. The van der Waals surface area contributed by atoms with Crippen molar-refractivity contribution in [1.82, 2.24) is 10.2 Å². The molecular formula is C23H23F3N2O4. The maximum atomic E-state index is 13.9. The number of rotatable bonds is 5. The monoisotopic (exact) mass is 448 g/mol. The number of fused-ring (bicyclic) bond motifs is 1. The molecule has 4 rings (SSSR count). The number of ether oxygens (including phenoxy) is 2. The molecule has 2 aliphatic heterocycles. The van der Waals surface area contributed by atoms with Crippen molar-refractivity contribution in [2.45, 2.75) is 25.9 Å². The Morgan fingerprint density at radius 2 is 1.84 bits per heavy atom. The summed E-state index contributed by atoms with van der Waals surface area (Å²) in [6, 6.07) is 5.64. The lowest BCUT2D eigenvalue weighted by Gasteiger charge is -2.31. The summed E-state index contributed by atoms with van der Waals surface area (Å²) in [5.41, 5.74) is 1.14. The molecule has 2 aromatic rings. The van der Waals surface area contributed by atoms with Crippen LogP contribution >= 0.6 is 0 Å². The molecule has 1 saturated heterocycles. The molecule has 1 fully saturated rings. The molecule has 2 amide bonds. The number of halogens is 3. The molecule has 0 aliphatic carbocycles. The Bertz CT molecular complexity index is 1020. The van der Waals surface area contributed by atoms with Gasteiger partial charge in [-0.15, -0.1) is 0 Å². The minimum absolute atomic E-state index is 0.108. The predicted octanol–water partition coefficient (Wildman–Crippen LogP) is 3.18. The molecule has 0 spiro atoms. The van der Waals surface area contributed by atoms with Crippen molar-refractivity contribution in [3.05, 3.63) is 64.5 Å². The number of amides is 2. The van der Waals surface area contributed by atoms with E-state index in [1.165, 1.54) is 17.0 Å². The number of piperidine rings is 1. The summed E-state index contributed by atoms with van der Waals surface area (Å²) in [5, 5.41) is 2.86. The largest absolute Gasteiger partial charge is 0.467 e. The number of benzene rings is 2. The molecule has 170 valence electrons. The van der Waals surface area contributed by atoms with Gasteiger partial charge in [0.2, 0.25) is 5.91 Å². The van der Waals surface area contributed by atoms with Crippen LogP contribution in [0.5, 0.6) is 5.75 Å². The molecule has 9 heteroatoms. The summed E-state index contributed by atoms with van der Waals surface area (Å²) >= 11 is 0.